The summed E-state index contributed by atoms with van der Waals surface area (Å²) in [5, 5.41) is 6.55. The van der Waals surface area contributed by atoms with E-state index in [1.54, 1.807) is 26.0 Å². The molecule has 0 unspecified atom stereocenters. The van der Waals surface area contributed by atoms with Crippen LogP contribution in [0.3, 0.4) is 0 Å². The van der Waals surface area contributed by atoms with Crippen LogP contribution in [-0.4, -0.2) is 11.1 Å². The van der Waals surface area contributed by atoms with Gasteiger partial charge in [-0.3, -0.25) is 4.79 Å². The van der Waals surface area contributed by atoms with E-state index in [2.05, 4.69) is 10.5 Å². The number of aryl methyl sites for hydroxylation is 2. The first-order valence-electron chi connectivity index (χ1n) is 4.98. The van der Waals surface area contributed by atoms with E-state index in [1.807, 2.05) is 18.2 Å². The average molecular weight is 216 g/mol. The number of amides is 1. The van der Waals surface area contributed by atoms with Crippen LogP contribution in [0.4, 0.5) is 5.69 Å². The first-order valence-corrected chi connectivity index (χ1v) is 4.98. The summed E-state index contributed by atoms with van der Waals surface area (Å²) in [4.78, 5) is 11.8. The lowest BCUT2D eigenvalue weighted by atomic mass is 10.2. The van der Waals surface area contributed by atoms with Crippen LogP contribution in [0.2, 0.25) is 0 Å². The van der Waals surface area contributed by atoms with Crippen molar-refractivity contribution in [1.82, 2.24) is 5.16 Å². The number of hydrogen-bond acceptors (Lipinski definition) is 3. The lowest BCUT2D eigenvalue weighted by Crippen LogP contribution is -2.12. The molecule has 1 amide bonds. The highest BCUT2D eigenvalue weighted by atomic mass is 16.5. The van der Waals surface area contributed by atoms with Crippen LogP contribution in [0.1, 0.15) is 21.8 Å². The molecule has 1 aromatic heterocycles. The molecule has 0 fully saturated rings. The summed E-state index contributed by atoms with van der Waals surface area (Å²) in [5.41, 5.74) is 1.94. The van der Waals surface area contributed by atoms with Crippen molar-refractivity contribution in [1.29, 1.82) is 0 Å². The summed E-state index contributed by atoms with van der Waals surface area (Å²) in [6.45, 7) is 3.55. The third kappa shape index (κ3) is 1.95. The maximum absolute atomic E-state index is 11.8. The minimum absolute atomic E-state index is 0.157. The predicted octanol–water partition coefficient (Wildman–Crippen LogP) is 2.54. The minimum atomic E-state index is -0.157. The number of carbonyl (C=O) groups excluding carboxylic acids is 1. The summed E-state index contributed by atoms with van der Waals surface area (Å²) in [7, 11) is 0. The van der Waals surface area contributed by atoms with Crippen LogP contribution in [0, 0.1) is 13.8 Å². The van der Waals surface area contributed by atoms with Gasteiger partial charge in [0.2, 0.25) is 0 Å². The first-order chi connectivity index (χ1) is 7.68. The molecule has 0 aliphatic carbocycles. The maximum atomic E-state index is 11.8. The second-order valence-electron chi connectivity index (χ2n) is 3.52. The van der Waals surface area contributed by atoms with E-state index in [0.717, 1.165) is 0 Å². The van der Waals surface area contributed by atoms with Gasteiger partial charge in [-0.1, -0.05) is 23.4 Å². The van der Waals surface area contributed by atoms with Crippen molar-refractivity contribution in [3.63, 3.8) is 0 Å². The van der Waals surface area contributed by atoms with Gasteiger partial charge >= 0.3 is 0 Å². The Bertz CT molecular complexity index is 483. The summed E-state index contributed by atoms with van der Waals surface area (Å²) >= 11 is 0. The first kappa shape index (κ1) is 10.4. The Morgan fingerprint density at radius 1 is 1.25 bits per heavy atom. The molecule has 0 saturated heterocycles. The van der Waals surface area contributed by atoms with Gasteiger partial charge in [-0.2, -0.15) is 0 Å². The summed E-state index contributed by atoms with van der Waals surface area (Å²) < 4.78 is 4.97. The van der Waals surface area contributed by atoms with Gasteiger partial charge in [0.25, 0.3) is 5.91 Å². The minimum Gasteiger partial charge on any atom is -0.359 e. The molecule has 1 aromatic carbocycles. The Balaban J connectivity index is 2.21. The molecule has 0 saturated carbocycles. The van der Waals surface area contributed by atoms with Crippen molar-refractivity contribution >= 4 is 11.6 Å². The van der Waals surface area contributed by atoms with Crippen LogP contribution in [0.25, 0.3) is 0 Å². The van der Waals surface area contributed by atoms with Crippen molar-refractivity contribution < 1.29 is 9.32 Å². The number of rotatable bonds is 2. The third-order valence-corrected chi connectivity index (χ3v) is 2.31. The van der Waals surface area contributed by atoms with E-state index in [4.69, 9.17) is 4.52 Å². The largest absolute Gasteiger partial charge is 0.359 e. The fourth-order valence-electron chi connectivity index (χ4n) is 1.44. The predicted molar refractivity (Wildman–Crippen MR) is 60.4 cm³/mol. The highest BCUT2D eigenvalue weighted by molar-refractivity contribution is 6.04. The van der Waals surface area contributed by atoms with Gasteiger partial charge < -0.3 is 9.84 Å². The van der Waals surface area contributed by atoms with Gasteiger partial charge in [-0.15, -0.1) is 0 Å². The molecule has 4 nitrogen and oxygen atoms in total. The molecular weight excluding hydrogens is 204 g/mol. The van der Waals surface area contributed by atoms with Gasteiger partial charge in [-0.05, 0) is 26.0 Å². The van der Waals surface area contributed by atoms with Crippen molar-refractivity contribution in [2.45, 2.75) is 13.8 Å². The highest BCUT2D eigenvalue weighted by Crippen LogP contribution is 2.19. The summed E-state index contributed by atoms with van der Waals surface area (Å²) in [6.07, 6.45) is 0. The van der Waals surface area contributed by atoms with Crippen LogP contribution in [-0.2, 0) is 0 Å². The van der Waals surface area contributed by atoms with E-state index in [1.165, 1.54) is 0 Å². The van der Waals surface area contributed by atoms with Gasteiger partial charge in [-0.25, -0.2) is 0 Å². The molecule has 0 radical (unpaired) electrons. The SMILES string of the molecule is Cc1noc(C)c1NC(=O)c1ccccc1. The van der Waals surface area contributed by atoms with E-state index < -0.39 is 0 Å². The molecule has 0 atom stereocenters. The fraction of sp³-hybridized carbons (Fsp3) is 0.167. The lowest BCUT2D eigenvalue weighted by molar-refractivity contribution is 0.102. The Morgan fingerprint density at radius 2 is 1.94 bits per heavy atom. The molecule has 2 rings (SSSR count). The van der Waals surface area contributed by atoms with E-state index >= 15 is 0 Å². The number of nitrogens with one attached hydrogen (secondary N) is 1. The zero-order valence-electron chi connectivity index (χ0n) is 9.15. The Morgan fingerprint density at radius 3 is 2.50 bits per heavy atom. The van der Waals surface area contributed by atoms with E-state index in [0.29, 0.717) is 22.7 Å². The molecule has 2 aromatic rings. The third-order valence-electron chi connectivity index (χ3n) is 2.31. The molecule has 0 aliphatic heterocycles. The molecule has 0 aliphatic rings. The number of hydrogen-bond donors (Lipinski definition) is 1. The molecular formula is C12H12N2O2. The van der Waals surface area contributed by atoms with Crippen LogP contribution in [0.15, 0.2) is 34.9 Å². The van der Waals surface area contributed by atoms with Gasteiger partial charge in [0.15, 0.2) is 5.76 Å². The number of benzene rings is 1. The molecule has 1 N–H and O–H groups in total. The Labute approximate surface area is 93.3 Å². The summed E-state index contributed by atoms with van der Waals surface area (Å²) in [5.74, 6) is 0.455. The molecule has 1 heterocycles. The van der Waals surface area contributed by atoms with Crippen molar-refractivity contribution in [3.05, 3.63) is 47.3 Å². The van der Waals surface area contributed by atoms with E-state index in [9.17, 15) is 4.79 Å². The van der Waals surface area contributed by atoms with Gasteiger partial charge in [0.1, 0.15) is 11.4 Å². The van der Waals surface area contributed by atoms with Crippen LogP contribution < -0.4 is 5.32 Å². The molecule has 0 spiro atoms. The van der Waals surface area contributed by atoms with E-state index in [-0.39, 0.29) is 5.91 Å². The quantitative estimate of drug-likeness (QED) is 0.839. The fourth-order valence-corrected chi connectivity index (χ4v) is 1.44. The number of aromatic nitrogens is 1. The Kier molecular flexibility index (Phi) is 2.72. The standard InChI is InChI=1S/C12H12N2O2/c1-8-11(9(2)16-14-8)13-12(15)10-6-4-3-5-7-10/h3-7H,1-2H3,(H,13,15). The van der Waals surface area contributed by atoms with Crippen LogP contribution in [0.5, 0.6) is 0 Å². The zero-order valence-corrected chi connectivity index (χ0v) is 9.15. The number of anilines is 1. The second kappa shape index (κ2) is 4.18. The molecule has 4 heteroatoms. The second-order valence-corrected chi connectivity index (χ2v) is 3.52. The number of nitrogens with zero attached hydrogens (tertiary/aromatic N) is 1. The number of carbonyl (C=O) groups is 1. The molecule has 16 heavy (non-hydrogen) atoms. The normalized spacial score (nSPS) is 10.1. The smallest absolute Gasteiger partial charge is 0.255 e. The monoisotopic (exact) mass is 216 g/mol. The Hall–Kier alpha value is -2.10. The highest BCUT2D eigenvalue weighted by Gasteiger charge is 2.12. The lowest BCUT2D eigenvalue weighted by Gasteiger charge is -2.03. The maximum Gasteiger partial charge on any atom is 0.255 e. The van der Waals surface area contributed by atoms with Crippen molar-refractivity contribution in [2.75, 3.05) is 5.32 Å². The van der Waals surface area contributed by atoms with Gasteiger partial charge in [0.05, 0.1) is 0 Å². The zero-order chi connectivity index (χ0) is 11.5. The summed E-state index contributed by atoms with van der Waals surface area (Å²) in [6, 6.07) is 9.03. The molecule has 0 bridgehead atoms. The van der Waals surface area contributed by atoms with Crippen molar-refractivity contribution in [3.8, 4) is 0 Å². The average Bonchev–Trinajstić information content (AvgIpc) is 2.62. The topological polar surface area (TPSA) is 55.1 Å². The van der Waals surface area contributed by atoms with Crippen molar-refractivity contribution in [2.24, 2.45) is 0 Å². The van der Waals surface area contributed by atoms with Gasteiger partial charge in [0, 0.05) is 5.56 Å². The molecule has 82 valence electrons. The van der Waals surface area contributed by atoms with Crippen LogP contribution >= 0.6 is 0 Å².